The lowest BCUT2D eigenvalue weighted by Crippen LogP contribution is -2.18. The number of nitrogens with zero attached hydrogens (tertiary/aromatic N) is 3. The minimum absolute atomic E-state index is 0.0512. The molecule has 0 saturated heterocycles. The Hall–Kier alpha value is -2.09. The largest absolute Gasteiger partial charge is 0.321 e. The summed E-state index contributed by atoms with van der Waals surface area (Å²) in [5.41, 5.74) is 2.44. The molecule has 4 rings (SSSR count). The van der Waals surface area contributed by atoms with Gasteiger partial charge in [-0.2, -0.15) is 21.8 Å². The number of hydrogen-bond donors (Lipinski definition) is 3. The molecule has 1 fully saturated rings. The number of amides is 1. The van der Waals surface area contributed by atoms with Crippen molar-refractivity contribution >= 4 is 35.1 Å². The van der Waals surface area contributed by atoms with Crippen LogP contribution in [0.15, 0.2) is 12.4 Å². The van der Waals surface area contributed by atoms with E-state index < -0.39 is 0 Å². The predicted molar refractivity (Wildman–Crippen MR) is 80.7 cm³/mol. The number of anilines is 3. The fourth-order valence-electron chi connectivity index (χ4n) is 2.65. The van der Waals surface area contributed by atoms with Gasteiger partial charge in [-0.1, -0.05) is 0 Å². The standard InChI is InChI=1S/C13H14N6OS/c1-21-6-9-8(5-15-19-9)16-12-14-4-7-10(18-12)17-11(20)13(7)2-3-13/h4-5H,2-3,6H2,1H3,(H,15,19)(H2,14,16,17,18,20). The minimum Gasteiger partial charge on any atom is -0.321 e. The fraction of sp³-hybridized carbons (Fsp3) is 0.385. The van der Waals surface area contributed by atoms with Crippen molar-refractivity contribution in [2.24, 2.45) is 0 Å². The Morgan fingerprint density at radius 2 is 2.29 bits per heavy atom. The van der Waals surface area contributed by atoms with E-state index in [0.29, 0.717) is 11.8 Å². The maximum Gasteiger partial charge on any atom is 0.236 e. The molecule has 108 valence electrons. The van der Waals surface area contributed by atoms with Crippen LogP contribution in [-0.4, -0.2) is 32.3 Å². The van der Waals surface area contributed by atoms with E-state index in [1.807, 2.05) is 6.26 Å². The Morgan fingerprint density at radius 1 is 1.43 bits per heavy atom. The van der Waals surface area contributed by atoms with Crippen molar-refractivity contribution < 1.29 is 4.79 Å². The van der Waals surface area contributed by atoms with Crippen molar-refractivity contribution in [2.75, 3.05) is 16.9 Å². The summed E-state index contributed by atoms with van der Waals surface area (Å²) in [6.07, 6.45) is 7.28. The molecular formula is C13H14N6OS. The summed E-state index contributed by atoms with van der Waals surface area (Å²) < 4.78 is 0. The monoisotopic (exact) mass is 302 g/mol. The van der Waals surface area contributed by atoms with Crippen LogP contribution in [0, 0.1) is 0 Å². The van der Waals surface area contributed by atoms with Gasteiger partial charge in [-0.25, -0.2) is 4.98 Å². The van der Waals surface area contributed by atoms with E-state index >= 15 is 0 Å². The molecule has 2 aliphatic rings. The van der Waals surface area contributed by atoms with Crippen LogP contribution >= 0.6 is 11.8 Å². The first-order chi connectivity index (χ1) is 10.2. The highest BCUT2D eigenvalue weighted by atomic mass is 32.2. The molecule has 1 spiro atoms. The van der Waals surface area contributed by atoms with Crippen LogP contribution < -0.4 is 10.6 Å². The Kier molecular flexibility index (Phi) is 2.68. The third-order valence-electron chi connectivity index (χ3n) is 3.97. The van der Waals surface area contributed by atoms with Crippen molar-refractivity contribution in [3.8, 4) is 0 Å². The zero-order valence-corrected chi connectivity index (χ0v) is 12.3. The molecule has 1 saturated carbocycles. The van der Waals surface area contributed by atoms with Crippen molar-refractivity contribution in [1.82, 2.24) is 20.2 Å². The molecule has 2 aromatic rings. The molecule has 1 aliphatic carbocycles. The lowest BCUT2D eigenvalue weighted by Gasteiger charge is -2.07. The first kappa shape index (κ1) is 12.6. The maximum atomic E-state index is 12.0. The topological polar surface area (TPSA) is 95.6 Å². The van der Waals surface area contributed by atoms with Crippen LogP contribution in [0.2, 0.25) is 0 Å². The van der Waals surface area contributed by atoms with Crippen molar-refractivity contribution in [2.45, 2.75) is 24.0 Å². The molecule has 7 nitrogen and oxygen atoms in total. The number of thioether (sulfide) groups is 1. The Morgan fingerprint density at radius 3 is 3.05 bits per heavy atom. The summed E-state index contributed by atoms with van der Waals surface area (Å²) >= 11 is 1.70. The van der Waals surface area contributed by atoms with Gasteiger partial charge in [0, 0.05) is 17.5 Å². The lowest BCUT2D eigenvalue weighted by molar-refractivity contribution is -0.117. The first-order valence-electron chi connectivity index (χ1n) is 6.70. The van der Waals surface area contributed by atoms with Crippen LogP contribution in [0.5, 0.6) is 0 Å². The second-order valence-corrected chi connectivity index (χ2v) is 6.18. The van der Waals surface area contributed by atoms with Crippen LogP contribution in [0.1, 0.15) is 24.1 Å². The predicted octanol–water partition coefficient (Wildman–Crippen LogP) is 1.79. The summed E-state index contributed by atoms with van der Waals surface area (Å²) in [4.78, 5) is 20.7. The molecule has 0 radical (unpaired) electrons. The van der Waals surface area contributed by atoms with Gasteiger partial charge >= 0.3 is 0 Å². The molecule has 3 N–H and O–H groups in total. The Balaban J connectivity index is 1.62. The van der Waals surface area contributed by atoms with Gasteiger partial charge in [0.2, 0.25) is 11.9 Å². The van der Waals surface area contributed by atoms with Crippen LogP contribution in [0.25, 0.3) is 0 Å². The number of fused-ring (bicyclic) bond motifs is 2. The number of aromatic amines is 1. The highest BCUT2D eigenvalue weighted by Crippen LogP contribution is 2.54. The average Bonchev–Trinajstić information content (AvgIpc) is 3.09. The van der Waals surface area contributed by atoms with Gasteiger partial charge in [-0.15, -0.1) is 0 Å². The lowest BCUT2D eigenvalue weighted by atomic mass is 10.0. The van der Waals surface area contributed by atoms with Crippen molar-refractivity contribution in [3.63, 3.8) is 0 Å². The Labute approximate surface area is 125 Å². The van der Waals surface area contributed by atoms with Crippen LogP contribution in [0.4, 0.5) is 17.5 Å². The quantitative estimate of drug-likeness (QED) is 0.797. The zero-order valence-electron chi connectivity index (χ0n) is 11.4. The zero-order chi connectivity index (χ0) is 14.4. The molecule has 1 aliphatic heterocycles. The van der Waals surface area contributed by atoms with Crippen molar-refractivity contribution in [3.05, 3.63) is 23.7 Å². The SMILES string of the molecule is CSCc1[nH]ncc1Nc1ncc2c(n1)NC(=O)C21CC1. The second-order valence-electron chi connectivity index (χ2n) is 5.31. The first-order valence-corrected chi connectivity index (χ1v) is 8.09. The molecule has 21 heavy (non-hydrogen) atoms. The summed E-state index contributed by atoms with van der Waals surface area (Å²) in [5.74, 6) is 1.98. The molecule has 0 aromatic carbocycles. The fourth-order valence-corrected chi connectivity index (χ4v) is 3.16. The van der Waals surface area contributed by atoms with E-state index in [1.165, 1.54) is 0 Å². The molecule has 0 atom stereocenters. The summed E-state index contributed by atoms with van der Waals surface area (Å²) in [6.45, 7) is 0. The van der Waals surface area contributed by atoms with Gasteiger partial charge in [0.05, 0.1) is 23.0 Å². The van der Waals surface area contributed by atoms with E-state index in [9.17, 15) is 4.79 Å². The number of rotatable bonds is 4. The molecular weight excluding hydrogens is 288 g/mol. The minimum atomic E-state index is -0.340. The third-order valence-corrected chi connectivity index (χ3v) is 4.55. The maximum absolute atomic E-state index is 12.0. The van der Waals surface area contributed by atoms with E-state index in [4.69, 9.17) is 0 Å². The van der Waals surface area contributed by atoms with Gasteiger partial charge < -0.3 is 10.6 Å². The number of carbonyl (C=O) groups excluding carboxylic acids is 1. The number of H-pyrrole nitrogens is 1. The molecule has 1 amide bonds. The molecule has 8 heteroatoms. The Bertz CT molecular complexity index is 723. The number of nitrogens with one attached hydrogen (secondary N) is 3. The second kappa shape index (κ2) is 4.45. The van der Waals surface area contributed by atoms with Crippen LogP contribution in [0.3, 0.4) is 0 Å². The average molecular weight is 302 g/mol. The molecule has 3 heterocycles. The van der Waals surface area contributed by atoms with E-state index in [2.05, 4.69) is 30.8 Å². The third kappa shape index (κ3) is 1.90. The van der Waals surface area contributed by atoms with E-state index in [0.717, 1.165) is 35.5 Å². The van der Waals surface area contributed by atoms with Gasteiger partial charge in [0.25, 0.3) is 0 Å². The normalized spacial score (nSPS) is 17.7. The highest BCUT2D eigenvalue weighted by molar-refractivity contribution is 7.97. The van der Waals surface area contributed by atoms with Gasteiger partial charge in [0.15, 0.2) is 0 Å². The molecule has 0 unspecified atom stereocenters. The van der Waals surface area contributed by atoms with Gasteiger partial charge in [-0.3, -0.25) is 9.89 Å². The molecule has 2 aromatic heterocycles. The summed E-state index contributed by atoms with van der Waals surface area (Å²) in [5, 5.41) is 13.0. The smallest absolute Gasteiger partial charge is 0.236 e. The summed E-state index contributed by atoms with van der Waals surface area (Å²) in [7, 11) is 0. The highest BCUT2D eigenvalue weighted by Gasteiger charge is 2.57. The number of carbonyl (C=O) groups is 1. The molecule has 0 bridgehead atoms. The van der Waals surface area contributed by atoms with E-state index in [-0.39, 0.29) is 11.3 Å². The van der Waals surface area contributed by atoms with E-state index in [1.54, 1.807) is 24.2 Å². The summed E-state index contributed by atoms with van der Waals surface area (Å²) in [6, 6.07) is 0. The van der Waals surface area contributed by atoms with Gasteiger partial charge in [-0.05, 0) is 19.1 Å². The van der Waals surface area contributed by atoms with Crippen LogP contribution in [-0.2, 0) is 16.0 Å². The van der Waals surface area contributed by atoms with Gasteiger partial charge in [0.1, 0.15) is 5.82 Å². The van der Waals surface area contributed by atoms with Crippen molar-refractivity contribution in [1.29, 1.82) is 0 Å². The number of hydrogen-bond acceptors (Lipinski definition) is 6. The number of aromatic nitrogens is 4.